The van der Waals surface area contributed by atoms with Gasteiger partial charge in [-0.05, 0) is 51.5 Å². The van der Waals surface area contributed by atoms with Crippen molar-refractivity contribution in [1.82, 2.24) is 15.5 Å². The van der Waals surface area contributed by atoms with Crippen LogP contribution in [-0.4, -0.2) is 49.1 Å². The van der Waals surface area contributed by atoms with E-state index in [1.807, 2.05) is 7.05 Å². The van der Waals surface area contributed by atoms with E-state index in [4.69, 9.17) is 0 Å². The number of rotatable bonds is 4. The van der Waals surface area contributed by atoms with Gasteiger partial charge < -0.3 is 15.5 Å². The first kappa shape index (κ1) is 15.1. The minimum absolute atomic E-state index is 0.603. The lowest BCUT2D eigenvalue weighted by Gasteiger charge is -2.47. The van der Waals surface area contributed by atoms with Gasteiger partial charge in [-0.25, -0.2) is 0 Å². The molecule has 0 radical (unpaired) electrons. The van der Waals surface area contributed by atoms with Gasteiger partial charge in [0.25, 0.3) is 0 Å². The second-order valence-electron chi connectivity index (χ2n) is 7.32. The fraction of sp³-hybridized carbons (Fsp3) is 0.941. The standard InChI is InChI=1S/C17H32N4/c1-4-6-12-9-16(12)20-17(18-2)19-13-10-14-7-5-8-15(11-13)21(14)3/h12-16H,4-11H2,1-3H3,(H2,18,19,20). The zero-order valence-corrected chi connectivity index (χ0v) is 13.9. The summed E-state index contributed by atoms with van der Waals surface area (Å²) in [5.74, 6) is 1.91. The fourth-order valence-corrected chi connectivity index (χ4v) is 4.39. The maximum atomic E-state index is 4.45. The second-order valence-corrected chi connectivity index (χ2v) is 7.32. The molecule has 21 heavy (non-hydrogen) atoms. The summed E-state index contributed by atoms with van der Waals surface area (Å²) in [6, 6.07) is 2.83. The van der Waals surface area contributed by atoms with Crippen LogP contribution >= 0.6 is 0 Å². The van der Waals surface area contributed by atoms with Crippen molar-refractivity contribution in [3.8, 4) is 0 Å². The topological polar surface area (TPSA) is 39.7 Å². The van der Waals surface area contributed by atoms with E-state index < -0.39 is 0 Å². The average molecular weight is 292 g/mol. The lowest BCUT2D eigenvalue weighted by molar-refractivity contribution is 0.0526. The summed E-state index contributed by atoms with van der Waals surface area (Å²) in [5.41, 5.74) is 0. The highest BCUT2D eigenvalue weighted by Gasteiger charge is 2.38. The number of hydrogen-bond acceptors (Lipinski definition) is 2. The Morgan fingerprint density at radius 1 is 1.14 bits per heavy atom. The molecule has 1 aliphatic carbocycles. The molecule has 0 aromatic heterocycles. The molecule has 0 aromatic carbocycles. The van der Waals surface area contributed by atoms with Crippen molar-refractivity contribution in [3.63, 3.8) is 0 Å². The Balaban J connectivity index is 1.49. The number of nitrogens with zero attached hydrogens (tertiary/aromatic N) is 2. The molecule has 4 heteroatoms. The Labute approximate surface area is 129 Å². The number of aliphatic imine (C=N–C) groups is 1. The van der Waals surface area contributed by atoms with E-state index in [-0.39, 0.29) is 0 Å². The van der Waals surface area contributed by atoms with Gasteiger partial charge in [-0.2, -0.15) is 0 Å². The summed E-state index contributed by atoms with van der Waals surface area (Å²) >= 11 is 0. The van der Waals surface area contributed by atoms with Crippen molar-refractivity contribution in [1.29, 1.82) is 0 Å². The van der Waals surface area contributed by atoms with Crippen molar-refractivity contribution in [3.05, 3.63) is 0 Å². The molecule has 4 nitrogen and oxygen atoms in total. The highest BCUT2D eigenvalue weighted by Crippen LogP contribution is 2.35. The van der Waals surface area contributed by atoms with Crippen molar-refractivity contribution in [2.24, 2.45) is 10.9 Å². The predicted molar refractivity (Wildman–Crippen MR) is 88.6 cm³/mol. The van der Waals surface area contributed by atoms with Gasteiger partial charge in [-0.3, -0.25) is 4.99 Å². The Morgan fingerprint density at radius 3 is 2.48 bits per heavy atom. The number of hydrogen-bond donors (Lipinski definition) is 2. The molecule has 1 saturated carbocycles. The Hall–Kier alpha value is -0.770. The Bertz CT molecular complexity index is 367. The molecule has 120 valence electrons. The number of nitrogens with one attached hydrogen (secondary N) is 2. The molecule has 0 aromatic rings. The predicted octanol–water partition coefficient (Wildman–Crippen LogP) is 2.36. The van der Waals surface area contributed by atoms with Crippen molar-refractivity contribution in [2.45, 2.75) is 82.5 Å². The number of guanidine groups is 1. The van der Waals surface area contributed by atoms with E-state index in [2.05, 4.69) is 34.5 Å². The lowest BCUT2D eigenvalue weighted by atomic mass is 9.82. The minimum atomic E-state index is 0.603. The lowest BCUT2D eigenvalue weighted by Crippen LogP contribution is -2.56. The first-order valence-corrected chi connectivity index (χ1v) is 8.93. The summed E-state index contributed by atoms with van der Waals surface area (Å²) in [6.07, 6.45) is 10.7. The first-order chi connectivity index (χ1) is 10.2. The molecule has 2 heterocycles. The van der Waals surface area contributed by atoms with E-state index in [1.54, 1.807) is 0 Å². The van der Waals surface area contributed by atoms with Crippen LogP contribution in [0.15, 0.2) is 4.99 Å². The third-order valence-corrected chi connectivity index (χ3v) is 5.81. The molecular formula is C17H32N4. The second kappa shape index (κ2) is 6.55. The molecule has 2 N–H and O–H groups in total. The van der Waals surface area contributed by atoms with Crippen LogP contribution in [0.4, 0.5) is 0 Å². The van der Waals surface area contributed by atoms with Crippen LogP contribution < -0.4 is 10.6 Å². The van der Waals surface area contributed by atoms with Crippen LogP contribution in [0.1, 0.15) is 58.3 Å². The van der Waals surface area contributed by atoms with Crippen LogP contribution in [0.3, 0.4) is 0 Å². The summed E-state index contributed by atoms with van der Waals surface area (Å²) in [7, 11) is 4.22. The van der Waals surface area contributed by atoms with Gasteiger partial charge in [0.2, 0.25) is 0 Å². The van der Waals surface area contributed by atoms with E-state index in [1.165, 1.54) is 51.4 Å². The zero-order valence-electron chi connectivity index (χ0n) is 13.9. The molecule has 4 atom stereocenters. The van der Waals surface area contributed by atoms with Gasteiger partial charge >= 0.3 is 0 Å². The SMILES string of the molecule is CCCC1CC1NC(=NC)NC1CC2CCCC(C1)N2C. The van der Waals surface area contributed by atoms with Gasteiger partial charge in [-0.15, -0.1) is 0 Å². The Morgan fingerprint density at radius 2 is 1.86 bits per heavy atom. The van der Waals surface area contributed by atoms with E-state index >= 15 is 0 Å². The molecule has 3 aliphatic rings. The molecule has 0 amide bonds. The van der Waals surface area contributed by atoms with Crippen molar-refractivity contribution >= 4 is 5.96 Å². The maximum absolute atomic E-state index is 4.45. The molecule has 2 aliphatic heterocycles. The monoisotopic (exact) mass is 292 g/mol. The smallest absolute Gasteiger partial charge is 0.191 e. The van der Waals surface area contributed by atoms with Crippen LogP contribution in [0.5, 0.6) is 0 Å². The van der Waals surface area contributed by atoms with Crippen LogP contribution in [0.2, 0.25) is 0 Å². The molecular weight excluding hydrogens is 260 g/mol. The number of piperidine rings is 2. The Kier molecular flexibility index (Phi) is 4.72. The van der Waals surface area contributed by atoms with Gasteiger partial charge in [-0.1, -0.05) is 19.8 Å². The van der Waals surface area contributed by atoms with Crippen LogP contribution in [0, 0.1) is 5.92 Å². The quantitative estimate of drug-likeness (QED) is 0.617. The fourth-order valence-electron chi connectivity index (χ4n) is 4.39. The average Bonchev–Trinajstić information content (AvgIpc) is 3.17. The third kappa shape index (κ3) is 3.53. The highest BCUT2D eigenvalue weighted by molar-refractivity contribution is 5.80. The molecule has 2 bridgehead atoms. The maximum Gasteiger partial charge on any atom is 0.191 e. The summed E-state index contributed by atoms with van der Waals surface area (Å²) in [4.78, 5) is 7.07. The van der Waals surface area contributed by atoms with E-state index in [9.17, 15) is 0 Å². The van der Waals surface area contributed by atoms with E-state index in [0.29, 0.717) is 12.1 Å². The molecule has 3 fully saturated rings. The number of fused-ring (bicyclic) bond motifs is 2. The largest absolute Gasteiger partial charge is 0.354 e. The first-order valence-electron chi connectivity index (χ1n) is 8.93. The zero-order chi connectivity index (χ0) is 14.8. The summed E-state index contributed by atoms with van der Waals surface area (Å²) in [6.45, 7) is 2.28. The van der Waals surface area contributed by atoms with Gasteiger partial charge in [0.05, 0.1) is 0 Å². The molecule has 2 saturated heterocycles. The van der Waals surface area contributed by atoms with Crippen molar-refractivity contribution < 1.29 is 0 Å². The molecule has 4 unspecified atom stereocenters. The van der Waals surface area contributed by atoms with Crippen LogP contribution in [0.25, 0.3) is 0 Å². The van der Waals surface area contributed by atoms with Gasteiger partial charge in [0, 0.05) is 31.2 Å². The normalized spacial score (nSPS) is 40.0. The molecule has 3 rings (SSSR count). The molecule has 0 spiro atoms. The summed E-state index contributed by atoms with van der Waals surface area (Å²) in [5, 5.41) is 7.33. The van der Waals surface area contributed by atoms with Gasteiger partial charge in [0.15, 0.2) is 5.96 Å². The van der Waals surface area contributed by atoms with Crippen LogP contribution in [-0.2, 0) is 0 Å². The van der Waals surface area contributed by atoms with E-state index in [0.717, 1.165) is 24.0 Å². The van der Waals surface area contributed by atoms with Gasteiger partial charge in [0.1, 0.15) is 0 Å². The highest BCUT2D eigenvalue weighted by atomic mass is 15.2. The third-order valence-electron chi connectivity index (χ3n) is 5.81. The minimum Gasteiger partial charge on any atom is -0.354 e. The van der Waals surface area contributed by atoms with Crippen molar-refractivity contribution in [2.75, 3.05) is 14.1 Å². The summed E-state index contributed by atoms with van der Waals surface area (Å²) < 4.78 is 0.